The lowest BCUT2D eigenvalue weighted by atomic mass is 10.3. The van der Waals surface area contributed by atoms with Crippen LogP contribution in [0.25, 0.3) is 0 Å². The van der Waals surface area contributed by atoms with Crippen LogP contribution < -0.4 is 5.73 Å². The molecule has 0 radical (unpaired) electrons. The van der Waals surface area contributed by atoms with E-state index < -0.39 is 10.8 Å². The Bertz CT molecular complexity index is 134. The van der Waals surface area contributed by atoms with Gasteiger partial charge in [0.15, 0.2) is 0 Å². The van der Waals surface area contributed by atoms with E-state index in [0.717, 1.165) is 19.4 Å². The predicted molar refractivity (Wildman–Crippen MR) is 45.9 cm³/mol. The molecule has 0 amide bonds. The van der Waals surface area contributed by atoms with Crippen LogP contribution in [0.15, 0.2) is 0 Å². The third-order valence-electron chi connectivity index (χ3n) is 1.74. The molecule has 0 aliphatic carbocycles. The van der Waals surface area contributed by atoms with Crippen LogP contribution in [0.4, 0.5) is 0 Å². The fourth-order valence-electron chi connectivity index (χ4n) is 1.20. The summed E-state index contributed by atoms with van der Waals surface area (Å²) >= 11 is 0. The van der Waals surface area contributed by atoms with Crippen LogP contribution >= 0.6 is 0 Å². The Kier molecular flexibility index (Phi) is 4.04. The molecular weight excluding hydrogens is 162 g/mol. The van der Waals surface area contributed by atoms with E-state index in [2.05, 4.69) is 0 Å². The van der Waals surface area contributed by atoms with Gasteiger partial charge in [-0.1, -0.05) is 0 Å². The minimum atomic E-state index is -0.760. The van der Waals surface area contributed by atoms with Crippen molar-refractivity contribution in [3.63, 3.8) is 0 Å². The van der Waals surface area contributed by atoms with Gasteiger partial charge in [0, 0.05) is 35.5 Å². The van der Waals surface area contributed by atoms with Crippen LogP contribution in [0.2, 0.25) is 0 Å². The van der Waals surface area contributed by atoms with Gasteiger partial charge in [-0.2, -0.15) is 0 Å². The van der Waals surface area contributed by atoms with Crippen molar-refractivity contribution < 1.29 is 8.95 Å². The van der Waals surface area contributed by atoms with Gasteiger partial charge in [0.05, 0.1) is 6.10 Å². The number of ether oxygens (including phenoxy) is 1. The molecule has 0 spiro atoms. The van der Waals surface area contributed by atoms with E-state index in [9.17, 15) is 4.21 Å². The summed E-state index contributed by atoms with van der Waals surface area (Å²) in [6.45, 7) is 1.35. The van der Waals surface area contributed by atoms with Crippen molar-refractivity contribution in [2.24, 2.45) is 5.73 Å². The summed E-state index contributed by atoms with van der Waals surface area (Å²) in [6, 6.07) is 0. The lowest BCUT2D eigenvalue weighted by Crippen LogP contribution is -2.20. The zero-order valence-corrected chi connectivity index (χ0v) is 7.44. The van der Waals surface area contributed by atoms with Crippen LogP contribution in [0.5, 0.6) is 0 Å². The number of hydrogen-bond donors (Lipinski definition) is 1. The Labute approximate surface area is 69.8 Å². The number of nitrogens with two attached hydrogens (primary N) is 1. The van der Waals surface area contributed by atoms with Gasteiger partial charge >= 0.3 is 0 Å². The van der Waals surface area contributed by atoms with Gasteiger partial charge in [0.1, 0.15) is 0 Å². The highest BCUT2D eigenvalue weighted by Crippen LogP contribution is 2.12. The first kappa shape index (κ1) is 9.16. The molecule has 3 nitrogen and oxygen atoms in total. The topological polar surface area (TPSA) is 52.3 Å². The van der Waals surface area contributed by atoms with Gasteiger partial charge in [0.25, 0.3) is 0 Å². The monoisotopic (exact) mass is 177 g/mol. The van der Waals surface area contributed by atoms with Crippen molar-refractivity contribution in [2.45, 2.75) is 18.9 Å². The molecule has 0 aromatic rings. The molecule has 1 fully saturated rings. The third kappa shape index (κ3) is 3.31. The number of hydrogen-bond acceptors (Lipinski definition) is 3. The molecular formula is C7H15NO2S. The molecule has 1 aliphatic rings. The second-order valence-electron chi connectivity index (χ2n) is 2.73. The highest BCUT2D eigenvalue weighted by Gasteiger charge is 2.17. The summed E-state index contributed by atoms with van der Waals surface area (Å²) in [5, 5.41) is 0. The maximum absolute atomic E-state index is 11.2. The van der Waals surface area contributed by atoms with Gasteiger partial charge in [-0.15, -0.1) is 0 Å². The normalized spacial score (nSPS) is 27.2. The molecule has 2 unspecified atom stereocenters. The van der Waals surface area contributed by atoms with Crippen molar-refractivity contribution in [3.8, 4) is 0 Å². The summed E-state index contributed by atoms with van der Waals surface area (Å²) < 4.78 is 16.5. The highest BCUT2D eigenvalue weighted by molar-refractivity contribution is 7.85. The molecule has 0 saturated carbocycles. The van der Waals surface area contributed by atoms with Gasteiger partial charge in [0.2, 0.25) is 0 Å². The number of rotatable bonds is 4. The van der Waals surface area contributed by atoms with Crippen molar-refractivity contribution in [1.29, 1.82) is 0 Å². The van der Waals surface area contributed by atoms with Gasteiger partial charge in [-0.3, -0.25) is 4.21 Å². The average molecular weight is 177 g/mol. The second-order valence-corrected chi connectivity index (χ2v) is 4.36. The first-order chi connectivity index (χ1) is 5.33. The Balaban J connectivity index is 2.13. The Morgan fingerprint density at radius 3 is 3.00 bits per heavy atom. The van der Waals surface area contributed by atoms with Crippen LogP contribution in [-0.2, 0) is 15.5 Å². The molecule has 4 heteroatoms. The molecule has 11 heavy (non-hydrogen) atoms. The summed E-state index contributed by atoms with van der Waals surface area (Å²) in [5.41, 5.74) is 5.27. The summed E-state index contributed by atoms with van der Waals surface area (Å²) in [4.78, 5) is 0. The van der Waals surface area contributed by atoms with Crippen molar-refractivity contribution in [1.82, 2.24) is 0 Å². The quantitative estimate of drug-likeness (QED) is 0.651. The van der Waals surface area contributed by atoms with E-state index in [1.54, 1.807) is 0 Å². The molecule has 1 aliphatic heterocycles. The Hall–Kier alpha value is 0.0700. The Morgan fingerprint density at radius 2 is 2.45 bits per heavy atom. The molecule has 2 N–H and O–H groups in total. The van der Waals surface area contributed by atoms with Crippen molar-refractivity contribution in [2.75, 3.05) is 24.7 Å². The minimum absolute atomic E-state index is 0.238. The van der Waals surface area contributed by atoms with Crippen LogP contribution in [-0.4, -0.2) is 35.0 Å². The van der Waals surface area contributed by atoms with Gasteiger partial charge in [-0.25, -0.2) is 0 Å². The lowest BCUT2D eigenvalue weighted by Gasteiger charge is -2.07. The molecule has 66 valence electrons. The SMILES string of the molecule is NCCS(=O)CC1CCCO1. The largest absolute Gasteiger partial charge is 0.377 e. The highest BCUT2D eigenvalue weighted by atomic mass is 32.2. The fraction of sp³-hybridized carbons (Fsp3) is 1.00. The van der Waals surface area contributed by atoms with E-state index in [-0.39, 0.29) is 6.10 Å². The fourth-order valence-corrected chi connectivity index (χ4v) is 2.31. The zero-order valence-electron chi connectivity index (χ0n) is 6.62. The molecule has 0 bridgehead atoms. The van der Waals surface area contributed by atoms with Crippen molar-refractivity contribution >= 4 is 10.8 Å². The van der Waals surface area contributed by atoms with E-state index in [1.165, 1.54) is 0 Å². The van der Waals surface area contributed by atoms with E-state index in [4.69, 9.17) is 10.5 Å². The summed E-state index contributed by atoms with van der Waals surface area (Å²) in [7, 11) is -0.760. The Morgan fingerprint density at radius 1 is 1.64 bits per heavy atom. The van der Waals surface area contributed by atoms with E-state index in [1.807, 2.05) is 0 Å². The minimum Gasteiger partial charge on any atom is -0.377 e. The van der Waals surface area contributed by atoms with Crippen molar-refractivity contribution in [3.05, 3.63) is 0 Å². The second kappa shape index (κ2) is 4.85. The van der Waals surface area contributed by atoms with Crippen LogP contribution in [0.3, 0.4) is 0 Å². The van der Waals surface area contributed by atoms with E-state index in [0.29, 0.717) is 18.1 Å². The molecule has 1 saturated heterocycles. The molecule has 0 aromatic heterocycles. The maximum Gasteiger partial charge on any atom is 0.0691 e. The molecule has 1 heterocycles. The summed E-state index contributed by atoms with van der Waals surface area (Å²) in [6.07, 6.45) is 2.42. The molecule has 1 rings (SSSR count). The third-order valence-corrected chi connectivity index (χ3v) is 3.18. The summed E-state index contributed by atoms with van der Waals surface area (Å²) in [5.74, 6) is 1.29. The maximum atomic E-state index is 11.2. The lowest BCUT2D eigenvalue weighted by molar-refractivity contribution is 0.128. The van der Waals surface area contributed by atoms with Gasteiger partial charge in [-0.05, 0) is 12.8 Å². The molecule has 0 aromatic carbocycles. The standard InChI is InChI=1S/C7H15NO2S/c8-3-5-11(9)6-7-2-1-4-10-7/h7H,1-6,8H2. The van der Waals surface area contributed by atoms with Crippen LogP contribution in [0, 0.1) is 0 Å². The predicted octanol–water partition coefficient (Wildman–Crippen LogP) is -0.127. The zero-order chi connectivity index (χ0) is 8.10. The van der Waals surface area contributed by atoms with Crippen LogP contribution in [0.1, 0.15) is 12.8 Å². The van der Waals surface area contributed by atoms with E-state index >= 15 is 0 Å². The first-order valence-corrected chi connectivity index (χ1v) is 5.48. The smallest absolute Gasteiger partial charge is 0.0691 e. The first-order valence-electron chi connectivity index (χ1n) is 3.99. The average Bonchev–Trinajstić information content (AvgIpc) is 2.40. The van der Waals surface area contributed by atoms with Gasteiger partial charge < -0.3 is 10.5 Å². The molecule has 2 atom stereocenters.